The number of Topliss-reactive ketones (excluding diaryl/α,β-unsaturated/α-hetero) is 1. The van der Waals surface area contributed by atoms with E-state index < -0.39 is 17.7 Å². The molecule has 7 nitrogen and oxygen atoms in total. The number of carbonyl (C=O) groups excluding carboxylic acids is 2. The molecule has 1 saturated heterocycles. The van der Waals surface area contributed by atoms with Crippen molar-refractivity contribution in [2.75, 3.05) is 26.2 Å². The third-order valence-electron chi connectivity index (χ3n) is 5.55. The van der Waals surface area contributed by atoms with Gasteiger partial charge in [0.15, 0.2) is 11.5 Å². The summed E-state index contributed by atoms with van der Waals surface area (Å²) in [6.07, 6.45) is 0. The van der Waals surface area contributed by atoms with Gasteiger partial charge in [0.2, 0.25) is 0 Å². The number of aliphatic hydroxyl groups excluding tert-OH is 1. The summed E-state index contributed by atoms with van der Waals surface area (Å²) in [5.41, 5.74) is 1.48. The van der Waals surface area contributed by atoms with Crippen molar-refractivity contribution in [3.63, 3.8) is 0 Å². The molecule has 168 valence electrons. The van der Waals surface area contributed by atoms with Gasteiger partial charge in [0.1, 0.15) is 11.5 Å². The quantitative estimate of drug-likeness (QED) is 0.345. The summed E-state index contributed by atoms with van der Waals surface area (Å²) in [5.74, 6) is -0.405. The van der Waals surface area contributed by atoms with Crippen LogP contribution in [0.2, 0.25) is 0 Å². The molecule has 1 aliphatic rings. The largest absolute Gasteiger partial charge is 0.507 e. The molecule has 0 aliphatic carbocycles. The molecule has 1 atom stereocenters. The molecule has 0 radical (unpaired) electrons. The van der Waals surface area contributed by atoms with Crippen LogP contribution in [-0.4, -0.2) is 38.1 Å². The van der Waals surface area contributed by atoms with Crippen LogP contribution in [0.25, 0.3) is 5.76 Å². The highest BCUT2D eigenvalue weighted by Crippen LogP contribution is 2.43. The summed E-state index contributed by atoms with van der Waals surface area (Å²) < 4.78 is 15.9. The lowest BCUT2D eigenvalue weighted by molar-refractivity contribution is -0.132. The molecule has 7 heteroatoms. The third kappa shape index (κ3) is 3.89. The second-order valence-electron chi connectivity index (χ2n) is 7.35. The minimum absolute atomic E-state index is 0.0127. The van der Waals surface area contributed by atoms with Crippen molar-refractivity contribution in [3.8, 4) is 17.2 Å². The molecule has 1 N–H and O–H groups in total. The third-order valence-corrected chi connectivity index (χ3v) is 5.55. The summed E-state index contributed by atoms with van der Waals surface area (Å²) in [6.45, 7) is 0. The van der Waals surface area contributed by atoms with Crippen LogP contribution in [0.1, 0.15) is 17.2 Å². The average molecular weight is 445 g/mol. The predicted molar refractivity (Wildman–Crippen MR) is 124 cm³/mol. The summed E-state index contributed by atoms with van der Waals surface area (Å²) in [5, 5.41) is 11.2. The molecule has 3 aromatic rings. The zero-order valence-electron chi connectivity index (χ0n) is 18.4. The Kier molecular flexibility index (Phi) is 6.04. The molecule has 1 aliphatic heterocycles. The number of hydrogen-bond acceptors (Lipinski definition) is 6. The Balaban J connectivity index is 1.93. The Morgan fingerprint density at radius 1 is 0.818 bits per heavy atom. The molecule has 4 rings (SSSR count). The van der Waals surface area contributed by atoms with Crippen molar-refractivity contribution in [2.45, 2.75) is 6.04 Å². The van der Waals surface area contributed by atoms with Gasteiger partial charge in [-0.2, -0.15) is 0 Å². The molecule has 0 aromatic heterocycles. The van der Waals surface area contributed by atoms with E-state index in [9.17, 15) is 14.7 Å². The lowest BCUT2D eigenvalue weighted by atomic mass is 9.95. The first-order valence-electron chi connectivity index (χ1n) is 10.2. The molecule has 0 bridgehead atoms. The van der Waals surface area contributed by atoms with E-state index in [1.54, 1.807) is 42.5 Å². The van der Waals surface area contributed by atoms with E-state index in [0.29, 0.717) is 34.1 Å². The maximum absolute atomic E-state index is 13.2. The van der Waals surface area contributed by atoms with E-state index in [4.69, 9.17) is 14.2 Å². The smallest absolute Gasteiger partial charge is 0.300 e. The lowest BCUT2D eigenvalue weighted by Crippen LogP contribution is -2.29. The number of rotatable bonds is 6. The van der Waals surface area contributed by atoms with E-state index in [-0.39, 0.29) is 11.3 Å². The molecule has 0 spiro atoms. The summed E-state index contributed by atoms with van der Waals surface area (Å²) in [7, 11) is 4.51. The number of ether oxygens (including phenoxy) is 3. The first-order chi connectivity index (χ1) is 16.0. The Morgan fingerprint density at radius 3 is 2.21 bits per heavy atom. The van der Waals surface area contributed by atoms with Crippen LogP contribution in [-0.2, 0) is 9.59 Å². The van der Waals surface area contributed by atoms with Crippen molar-refractivity contribution in [3.05, 3.63) is 89.5 Å². The Hall–Kier alpha value is -4.26. The molecule has 3 aromatic carbocycles. The number of hydrogen-bond donors (Lipinski definition) is 1. The number of aliphatic hydroxyl groups is 1. The van der Waals surface area contributed by atoms with E-state index in [1.807, 2.05) is 30.3 Å². The number of ketones is 1. The number of nitrogens with zero attached hydrogens (tertiary/aromatic N) is 1. The van der Waals surface area contributed by atoms with Crippen LogP contribution in [0.15, 0.2) is 78.4 Å². The SMILES string of the molecule is COc1cccc(N2C(=O)C(=O)/C(=C(/O)c3ccc(OC)c(OC)c3)C2c2ccccc2)c1. The molecular formula is C26H23NO6. The van der Waals surface area contributed by atoms with E-state index in [2.05, 4.69) is 0 Å². The Morgan fingerprint density at radius 2 is 1.55 bits per heavy atom. The fourth-order valence-electron chi connectivity index (χ4n) is 3.95. The minimum Gasteiger partial charge on any atom is -0.507 e. The Bertz CT molecular complexity index is 1230. The van der Waals surface area contributed by atoms with E-state index in [1.165, 1.54) is 26.2 Å². The number of amides is 1. The first kappa shape index (κ1) is 22.0. The standard InChI is InChI=1S/C26H23NO6/c1-31-19-11-7-10-18(15-19)27-23(16-8-5-4-6-9-16)22(25(29)26(27)30)24(28)17-12-13-20(32-2)21(14-17)33-3/h4-15,23,28H,1-3H3/b24-22+. The fourth-order valence-corrected chi connectivity index (χ4v) is 3.95. The van der Waals surface area contributed by atoms with Gasteiger partial charge in [-0.15, -0.1) is 0 Å². The average Bonchev–Trinajstić information content (AvgIpc) is 3.13. The molecule has 1 fully saturated rings. The minimum atomic E-state index is -0.827. The highest BCUT2D eigenvalue weighted by atomic mass is 16.5. The molecule has 0 saturated carbocycles. The van der Waals surface area contributed by atoms with Gasteiger partial charge < -0.3 is 19.3 Å². The number of anilines is 1. The second kappa shape index (κ2) is 9.08. The number of methoxy groups -OCH3 is 3. The van der Waals surface area contributed by atoms with Gasteiger partial charge in [-0.3, -0.25) is 14.5 Å². The van der Waals surface area contributed by atoms with Crippen LogP contribution < -0.4 is 19.1 Å². The summed E-state index contributed by atoms with van der Waals surface area (Å²) >= 11 is 0. The highest BCUT2D eigenvalue weighted by Gasteiger charge is 2.47. The van der Waals surface area contributed by atoms with Crippen LogP contribution in [0.3, 0.4) is 0 Å². The van der Waals surface area contributed by atoms with Crippen LogP contribution in [0.4, 0.5) is 5.69 Å². The monoisotopic (exact) mass is 445 g/mol. The zero-order chi connectivity index (χ0) is 23.5. The van der Waals surface area contributed by atoms with Crippen LogP contribution in [0, 0.1) is 0 Å². The van der Waals surface area contributed by atoms with Gasteiger partial charge in [-0.25, -0.2) is 0 Å². The molecule has 1 unspecified atom stereocenters. The van der Waals surface area contributed by atoms with Gasteiger partial charge >= 0.3 is 0 Å². The second-order valence-corrected chi connectivity index (χ2v) is 7.35. The fraction of sp³-hybridized carbons (Fsp3) is 0.154. The highest BCUT2D eigenvalue weighted by molar-refractivity contribution is 6.51. The van der Waals surface area contributed by atoms with Gasteiger partial charge in [0.05, 0.1) is 32.9 Å². The predicted octanol–water partition coefficient (Wildman–Crippen LogP) is 4.34. The van der Waals surface area contributed by atoms with Crippen molar-refractivity contribution in [1.82, 2.24) is 0 Å². The van der Waals surface area contributed by atoms with Crippen molar-refractivity contribution < 1.29 is 28.9 Å². The van der Waals surface area contributed by atoms with E-state index >= 15 is 0 Å². The zero-order valence-corrected chi connectivity index (χ0v) is 18.4. The molecular weight excluding hydrogens is 422 g/mol. The van der Waals surface area contributed by atoms with Crippen molar-refractivity contribution in [1.29, 1.82) is 0 Å². The first-order valence-corrected chi connectivity index (χ1v) is 10.2. The molecule has 33 heavy (non-hydrogen) atoms. The normalized spacial score (nSPS) is 17.2. The summed E-state index contributed by atoms with van der Waals surface area (Å²) in [6, 6.07) is 20.0. The van der Waals surface area contributed by atoms with Crippen molar-refractivity contribution >= 4 is 23.1 Å². The maximum atomic E-state index is 13.2. The van der Waals surface area contributed by atoms with Gasteiger partial charge in [-0.1, -0.05) is 36.4 Å². The lowest BCUT2D eigenvalue weighted by Gasteiger charge is -2.25. The molecule has 1 amide bonds. The van der Waals surface area contributed by atoms with E-state index in [0.717, 1.165) is 0 Å². The van der Waals surface area contributed by atoms with Crippen LogP contribution in [0.5, 0.6) is 17.2 Å². The Labute approximate surface area is 191 Å². The molecule has 1 heterocycles. The number of benzene rings is 3. The van der Waals surface area contributed by atoms with Crippen molar-refractivity contribution in [2.24, 2.45) is 0 Å². The topological polar surface area (TPSA) is 85.3 Å². The maximum Gasteiger partial charge on any atom is 0.300 e. The van der Waals surface area contributed by atoms with Gasteiger partial charge in [0, 0.05) is 17.3 Å². The van der Waals surface area contributed by atoms with Gasteiger partial charge in [0.25, 0.3) is 11.7 Å². The number of carbonyl (C=O) groups is 2. The summed E-state index contributed by atoms with van der Waals surface area (Å²) in [4.78, 5) is 27.8. The van der Waals surface area contributed by atoms with Crippen LogP contribution >= 0.6 is 0 Å². The van der Waals surface area contributed by atoms with Gasteiger partial charge in [-0.05, 0) is 35.9 Å².